The molecule has 1 N–H and O–H groups in total. The summed E-state index contributed by atoms with van der Waals surface area (Å²) < 4.78 is 10.3. The van der Waals surface area contributed by atoms with E-state index in [-0.39, 0.29) is 22.9 Å². The van der Waals surface area contributed by atoms with Crippen molar-refractivity contribution in [2.75, 3.05) is 27.4 Å². The van der Waals surface area contributed by atoms with E-state index in [9.17, 15) is 14.7 Å². The van der Waals surface area contributed by atoms with Crippen LogP contribution >= 0.6 is 23.2 Å². The first-order valence-corrected chi connectivity index (χ1v) is 10.0. The fourth-order valence-corrected chi connectivity index (χ4v) is 3.75. The summed E-state index contributed by atoms with van der Waals surface area (Å²) in [7, 11) is 3.07. The number of rotatable bonds is 7. The molecule has 1 unspecified atom stereocenters. The summed E-state index contributed by atoms with van der Waals surface area (Å²) in [5.41, 5.74) is 0.934. The molecule has 3 rings (SSSR count). The van der Waals surface area contributed by atoms with Gasteiger partial charge in [0.05, 0.1) is 28.8 Å². The number of methoxy groups -OCH3 is 2. The molecule has 1 amide bonds. The SMILES string of the molecule is COCCCN1C(=O)C(=O)/C(=C(/O)c2cccc(OC)c2)C1c1ccc(Cl)c(Cl)c1. The van der Waals surface area contributed by atoms with E-state index in [1.54, 1.807) is 49.6 Å². The molecule has 0 aromatic heterocycles. The van der Waals surface area contributed by atoms with Crippen LogP contribution in [0.4, 0.5) is 0 Å². The van der Waals surface area contributed by atoms with Crippen LogP contribution in [0.15, 0.2) is 48.0 Å². The molecule has 6 nitrogen and oxygen atoms in total. The average molecular weight is 450 g/mol. The van der Waals surface area contributed by atoms with Crippen molar-refractivity contribution in [3.63, 3.8) is 0 Å². The Morgan fingerprint density at radius 2 is 1.87 bits per heavy atom. The van der Waals surface area contributed by atoms with Crippen LogP contribution in [-0.2, 0) is 14.3 Å². The summed E-state index contributed by atoms with van der Waals surface area (Å²) in [5, 5.41) is 11.7. The van der Waals surface area contributed by atoms with E-state index in [0.717, 1.165) is 0 Å². The lowest BCUT2D eigenvalue weighted by atomic mass is 9.95. The van der Waals surface area contributed by atoms with Crippen LogP contribution in [-0.4, -0.2) is 49.1 Å². The molecule has 1 atom stereocenters. The molecular formula is C22H21Cl2NO5. The van der Waals surface area contributed by atoms with E-state index < -0.39 is 17.7 Å². The Balaban J connectivity index is 2.15. The van der Waals surface area contributed by atoms with Crippen molar-refractivity contribution in [2.24, 2.45) is 0 Å². The quantitative estimate of drug-likeness (QED) is 0.292. The third kappa shape index (κ3) is 4.31. The zero-order valence-corrected chi connectivity index (χ0v) is 18.0. The Morgan fingerprint density at radius 3 is 2.53 bits per heavy atom. The third-order valence-corrected chi connectivity index (χ3v) is 5.63. The number of ketones is 1. The second-order valence-corrected chi connectivity index (χ2v) is 7.56. The highest BCUT2D eigenvalue weighted by Crippen LogP contribution is 2.41. The highest BCUT2D eigenvalue weighted by molar-refractivity contribution is 6.46. The average Bonchev–Trinajstić information content (AvgIpc) is 3.00. The number of likely N-dealkylation sites (tertiary alicyclic amines) is 1. The zero-order chi connectivity index (χ0) is 21.8. The number of aliphatic hydroxyl groups is 1. The minimum Gasteiger partial charge on any atom is -0.507 e. The third-order valence-electron chi connectivity index (χ3n) is 4.89. The maximum Gasteiger partial charge on any atom is 0.295 e. The molecule has 1 aliphatic heterocycles. The fourth-order valence-electron chi connectivity index (χ4n) is 3.44. The Bertz CT molecular complexity index is 1000. The lowest BCUT2D eigenvalue weighted by Crippen LogP contribution is -2.31. The van der Waals surface area contributed by atoms with E-state index in [4.69, 9.17) is 32.7 Å². The molecule has 1 heterocycles. The largest absolute Gasteiger partial charge is 0.507 e. The van der Waals surface area contributed by atoms with Crippen LogP contribution in [0.3, 0.4) is 0 Å². The molecule has 2 aromatic carbocycles. The molecule has 0 saturated carbocycles. The van der Waals surface area contributed by atoms with Gasteiger partial charge in [-0.15, -0.1) is 0 Å². The number of ether oxygens (including phenoxy) is 2. The van der Waals surface area contributed by atoms with E-state index in [1.165, 1.54) is 12.0 Å². The first-order valence-electron chi connectivity index (χ1n) is 9.25. The highest BCUT2D eigenvalue weighted by Gasteiger charge is 2.45. The van der Waals surface area contributed by atoms with Crippen LogP contribution in [0.2, 0.25) is 10.0 Å². The van der Waals surface area contributed by atoms with Crippen molar-refractivity contribution in [1.29, 1.82) is 0 Å². The van der Waals surface area contributed by atoms with Crippen molar-refractivity contribution in [3.8, 4) is 5.75 Å². The van der Waals surface area contributed by atoms with E-state index in [2.05, 4.69) is 0 Å². The monoisotopic (exact) mass is 449 g/mol. The lowest BCUT2D eigenvalue weighted by molar-refractivity contribution is -0.140. The summed E-state index contributed by atoms with van der Waals surface area (Å²) in [4.78, 5) is 27.2. The maximum atomic E-state index is 12.9. The number of nitrogens with zero attached hydrogens (tertiary/aromatic N) is 1. The van der Waals surface area contributed by atoms with E-state index in [1.807, 2.05) is 0 Å². The summed E-state index contributed by atoms with van der Waals surface area (Å²) in [5.74, 6) is -1.22. The smallest absolute Gasteiger partial charge is 0.295 e. The maximum absolute atomic E-state index is 12.9. The van der Waals surface area contributed by atoms with Crippen LogP contribution in [0, 0.1) is 0 Å². The molecule has 30 heavy (non-hydrogen) atoms. The highest BCUT2D eigenvalue weighted by atomic mass is 35.5. The summed E-state index contributed by atoms with van der Waals surface area (Å²) >= 11 is 12.2. The first-order chi connectivity index (χ1) is 14.4. The number of hydrogen-bond acceptors (Lipinski definition) is 5. The van der Waals surface area contributed by atoms with Crippen LogP contribution < -0.4 is 4.74 Å². The van der Waals surface area contributed by atoms with Crippen molar-refractivity contribution < 1.29 is 24.2 Å². The second kappa shape index (κ2) is 9.51. The number of benzene rings is 2. The van der Waals surface area contributed by atoms with Crippen molar-refractivity contribution in [2.45, 2.75) is 12.5 Å². The molecule has 0 bridgehead atoms. The van der Waals surface area contributed by atoms with Gasteiger partial charge in [0, 0.05) is 25.8 Å². The number of carbonyl (C=O) groups excluding carboxylic acids is 2. The van der Waals surface area contributed by atoms with Gasteiger partial charge in [-0.1, -0.05) is 41.4 Å². The predicted molar refractivity (Wildman–Crippen MR) is 115 cm³/mol. The Morgan fingerprint density at radius 1 is 1.10 bits per heavy atom. The van der Waals surface area contributed by atoms with Gasteiger partial charge in [0.15, 0.2) is 0 Å². The molecule has 0 spiro atoms. The molecule has 1 fully saturated rings. The molecule has 8 heteroatoms. The Labute approximate surface area is 184 Å². The minimum atomic E-state index is -0.803. The van der Waals surface area contributed by atoms with Crippen molar-refractivity contribution in [1.82, 2.24) is 4.90 Å². The lowest BCUT2D eigenvalue weighted by Gasteiger charge is -2.25. The molecule has 1 saturated heterocycles. The molecule has 158 valence electrons. The first kappa shape index (κ1) is 22.2. The number of halogens is 2. The molecule has 2 aromatic rings. The van der Waals surface area contributed by atoms with Crippen molar-refractivity contribution >= 4 is 40.7 Å². The second-order valence-electron chi connectivity index (χ2n) is 6.74. The predicted octanol–water partition coefficient (Wildman–Crippen LogP) is 4.46. The summed E-state index contributed by atoms with van der Waals surface area (Å²) in [6.07, 6.45) is 0.528. The number of carbonyl (C=O) groups is 2. The van der Waals surface area contributed by atoms with E-state index in [0.29, 0.717) is 34.9 Å². The van der Waals surface area contributed by atoms with Crippen molar-refractivity contribution in [3.05, 3.63) is 69.2 Å². The van der Waals surface area contributed by atoms with Gasteiger partial charge in [-0.25, -0.2) is 0 Å². The molecular weight excluding hydrogens is 429 g/mol. The normalized spacial score (nSPS) is 18.1. The number of aliphatic hydroxyl groups excluding tert-OH is 1. The van der Waals surface area contributed by atoms with E-state index >= 15 is 0 Å². The number of Topliss-reactive ketones (excluding diaryl/α,β-unsaturated/α-hetero) is 1. The topological polar surface area (TPSA) is 76.1 Å². The Kier molecular flexibility index (Phi) is 7.02. The number of amides is 1. The van der Waals surface area contributed by atoms with Crippen LogP contribution in [0.5, 0.6) is 5.75 Å². The van der Waals surface area contributed by atoms with Crippen LogP contribution in [0.1, 0.15) is 23.6 Å². The zero-order valence-electron chi connectivity index (χ0n) is 16.5. The van der Waals surface area contributed by atoms with Gasteiger partial charge in [0.25, 0.3) is 11.7 Å². The minimum absolute atomic E-state index is 0.0101. The van der Waals surface area contributed by atoms with Gasteiger partial charge in [-0.05, 0) is 36.2 Å². The standard InChI is InChI=1S/C22H21Cl2NO5/c1-29-10-4-9-25-19(13-7-8-16(23)17(24)12-13)18(21(27)22(25)28)20(26)14-5-3-6-15(11-14)30-2/h3,5-8,11-12,19,26H,4,9-10H2,1-2H3/b20-18+. The molecule has 0 aliphatic carbocycles. The summed E-state index contributed by atoms with van der Waals surface area (Å²) in [6, 6.07) is 10.7. The molecule has 1 aliphatic rings. The van der Waals surface area contributed by atoms with Gasteiger partial charge in [-0.3, -0.25) is 9.59 Å². The Hall–Kier alpha value is -2.54. The molecule has 0 radical (unpaired) electrons. The summed E-state index contributed by atoms with van der Waals surface area (Å²) in [6.45, 7) is 0.700. The van der Waals surface area contributed by atoms with Gasteiger partial charge >= 0.3 is 0 Å². The van der Waals surface area contributed by atoms with Gasteiger partial charge in [-0.2, -0.15) is 0 Å². The fraction of sp³-hybridized carbons (Fsp3) is 0.273. The van der Waals surface area contributed by atoms with Crippen LogP contribution in [0.25, 0.3) is 5.76 Å². The number of hydrogen-bond donors (Lipinski definition) is 1. The van der Waals surface area contributed by atoms with Gasteiger partial charge in [0.2, 0.25) is 0 Å². The van der Waals surface area contributed by atoms with Gasteiger partial charge in [0.1, 0.15) is 11.5 Å². The van der Waals surface area contributed by atoms with Gasteiger partial charge < -0.3 is 19.5 Å².